The smallest absolute Gasteiger partial charge is 0.312 e. The van der Waals surface area contributed by atoms with Crippen molar-refractivity contribution in [2.75, 3.05) is 11.5 Å². The van der Waals surface area contributed by atoms with E-state index in [1.807, 2.05) is 20.8 Å². The van der Waals surface area contributed by atoms with E-state index in [-0.39, 0.29) is 24.1 Å². The van der Waals surface area contributed by atoms with Gasteiger partial charge in [-0.05, 0) is 57.7 Å². The van der Waals surface area contributed by atoms with E-state index in [4.69, 9.17) is 15.5 Å². The predicted molar refractivity (Wildman–Crippen MR) is 100 cm³/mol. The normalized spacial score (nSPS) is 26.1. The highest BCUT2D eigenvalue weighted by Crippen LogP contribution is 2.52. The van der Waals surface area contributed by atoms with E-state index in [0.717, 1.165) is 30.1 Å². The Bertz CT molecular complexity index is 714. The summed E-state index contributed by atoms with van der Waals surface area (Å²) in [7, 11) is 0. The molecule has 0 aromatic heterocycles. The highest BCUT2D eigenvalue weighted by Gasteiger charge is 2.48. The molecule has 2 N–H and O–H groups in total. The molecule has 2 aliphatic rings. The molecule has 1 aliphatic carbocycles. The van der Waals surface area contributed by atoms with Crippen molar-refractivity contribution in [3.05, 3.63) is 29.6 Å². The summed E-state index contributed by atoms with van der Waals surface area (Å²) in [6.45, 7) is 5.53. The van der Waals surface area contributed by atoms with Crippen LogP contribution in [0.15, 0.2) is 23.2 Å². The van der Waals surface area contributed by atoms with Crippen molar-refractivity contribution in [2.45, 2.75) is 57.6 Å². The van der Waals surface area contributed by atoms with Gasteiger partial charge in [0.05, 0.1) is 17.0 Å². The number of carbonyl (C=O) groups excluding carboxylic acids is 1. The first-order chi connectivity index (χ1) is 11.7. The lowest BCUT2D eigenvalue weighted by atomic mass is 9.81. The molecule has 136 valence electrons. The minimum Gasteiger partial charge on any atom is -0.460 e. The second-order valence-corrected chi connectivity index (χ2v) is 8.93. The molecule has 0 spiro atoms. The average molecular weight is 364 g/mol. The summed E-state index contributed by atoms with van der Waals surface area (Å²) in [6.07, 6.45) is 2.95. The van der Waals surface area contributed by atoms with Gasteiger partial charge >= 0.3 is 5.97 Å². The molecular weight excluding hydrogens is 339 g/mol. The highest BCUT2D eigenvalue weighted by molar-refractivity contribution is 8.14. The molecule has 6 heteroatoms. The second-order valence-electron chi connectivity index (χ2n) is 7.83. The third kappa shape index (κ3) is 3.84. The number of rotatable bonds is 3. The van der Waals surface area contributed by atoms with Gasteiger partial charge in [-0.1, -0.05) is 6.42 Å². The number of anilines is 1. The number of esters is 1. The van der Waals surface area contributed by atoms with Crippen LogP contribution in [0, 0.1) is 11.7 Å². The third-order valence-corrected chi connectivity index (χ3v) is 5.87. The summed E-state index contributed by atoms with van der Waals surface area (Å²) in [5.74, 6) is 0.554. The first kappa shape index (κ1) is 18.2. The van der Waals surface area contributed by atoms with Crippen molar-refractivity contribution >= 4 is 28.5 Å². The Morgan fingerprint density at radius 1 is 1.48 bits per heavy atom. The van der Waals surface area contributed by atoms with Crippen LogP contribution in [0.25, 0.3) is 0 Å². The summed E-state index contributed by atoms with van der Waals surface area (Å²) in [5, 5.41) is 0.731. The molecule has 3 rings (SSSR count). The van der Waals surface area contributed by atoms with E-state index in [2.05, 4.69) is 0 Å². The number of aliphatic imine (C=N–C) groups is 1. The third-order valence-electron chi connectivity index (χ3n) is 4.73. The molecule has 1 aromatic carbocycles. The lowest BCUT2D eigenvalue weighted by Crippen LogP contribution is -2.36. The van der Waals surface area contributed by atoms with Gasteiger partial charge in [-0.2, -0.15) is 0 Å². The fourth-order valence-electron chi connectivity index (χ4n) is 3.76. The molecule has 4 nitrogen and oxygen atoms in total. The zero-order chi connectivity index (χ0) is 18.2. The molecule has 0 amide bonds. The maximum absolute atomic E-state index is 14.6. The zero-order valence-corrected chi connectivity index (χ0v) is 15.8. The molecule has 0 unspecified atom stereocenters. The van der Waals surface area contributed by atoms with Crippen LogP contribution in [0.2, 0.25) is 0 Å². The predicted octanol–water partition coefficient (Wildman–Crippen LogP) is 4.28. The Labute approximate surface area is 152 Å². The van der Waals surface area contributed by atoms with Crippen LogP contribution >= 0.6 is 11.8 Å². The summed E-state index contributed by atoms with van der Waals surface area (Å²) in [4.78, 5) is 17.1. The summed E-state index contributed by atoms with van der Waals surface area (Å²) in [5.41, 5.74) is 5.89. The molecule has 2 atom stereocenters. The van der Waals surface area contributed by atoms with Gasteiger partial charge in [-0.3, -0.25) is 9.79 Å². The number of hydrogen-bond acceptors (Lipinski definition) is 5. The summed E-state index contributed by atoms with van der Waals surface area (Å²) >= 11 is 1.59. The molecule has 1 heterocycles. The quantitative estimate of drug-likeness (QED) is 0.642. The fourth-order valence-corrected chi connectivity index (χ4v) is 5.05. The summed E-state index contributed by atoms with van der Waals surface area (Å²) < 4.78 is 20.0. The van der Waals surface area contributed by atoms with Gasteiger partial charge in [-0.25, -0.2) is 4.39 Å². The van der Waals surface area contributed by atoms with Crippen molar-refractivity contribution in [3.8, 4) is 0 Å². The number of ether oxygens (including phenoxy) is 1. The Balaban J connectivity index is 1.93. The van der Waals surface area contributed by atoms with Crippen molar-refractivity contribution < 1.29 is 13.9 Å². The maximum Gasteiger partial charge on any atom is 0.312 e. The van der Waals surface area contributed by atoms with E-state index in [1.165, 1.54) is 6.07 Å². The number of nitrogens with two attached hydrogens (primary N) is 1. The SMILES string of the molecule is CC(C)(C)OC(=O)CC1=N[C@@]2(c3cc(N)ccc3F)CCC[C@H]2CS1. The van der Waals surface area contributed by atoms with Crippen LogP contribution < -0.4 is 5.73 Å². The van der Waals surface area contributed by atoms with Gasteiger partial charge in [0.1, 0.15) is 11.4 Å². The van der Waals surface area contributed by atoms with E-state index in [1.54, 1.807) is 23.9 Å². The number of nitrogen functional groups attached to an aromatic ring is 1. The lowest BCUT2D eigenvalue weighted by Gasteiger charge is -2.37. The summed E-state index contributed by atoms with van der Waals surface area (Å²) in [6, 6.07) is 4.69. The largest absolute Gasteiger partial charge is 0.460 e. The minimum absolute atomic E-state index is 0.139. The molecule has 0 radical (unpaired) electrons. The van der Waals surface area contributed by atoms with E-state index in [9.17, 15) is 9.18 Å². The van der Waals surface area contributed by atoms with Crippen molar-refractivity contribution in [3.63, 3.8) is 0 Å². The topological polar surface area (TPSA) is 64.7 Å². The molecule has 1 aliphatic heterocycles. The standard InChI is InChI=1S/C19H25FN2O2S/c1-18(2,3)24-17(23)10-16-22-19(8-4-5-12(19)11-25-16)14-9-13(21)6-7-15(14)20/h6-7,9,12H,4-5,8,10-11,21H2,1-3H3/t12-,19-/m0/s1. The monoisotopic (exact) mass is 364 g/mol. The molecule has 0 bridgehead atoms. The Hall–Kier alpha value is -1.56. The Kier molecular flexibility index (Phi) is 4.84. The Morgan fingerprint density at radius 3 is 2.96 bits per heavy atom. The maximum atomic E-state index is 14.6. The van der Waals surface area contributed by atoms with Crippen LogP contribution in [0.5, 0.6) is 0 Å². The number of nitrogens with zero attached hydrogens (tertiary/aromatic N) is 1. The highest BCUT2D eigenvalue weighted by atomic mass is 32.2. The van der Waals surface area contributed by atoms with E-state index < -0.39 is 11.1 Å². The molecule has 1 saturated carbocycles. The van der Waals surface area contributed by atoms with Crippen LogP contribution in [-0.4, -0.2) is 22.4 Å². The van der Waals surface area contributed by atoms with Crippen LogP contribution in [0.4, 0.5) is 10.1 Å². The second kappa shape index (κ2) is 6.63. The minimum atomic E-state index is -0.595. The number of hydrogen-bond donors (Lipinski definition) is 1. The van der Waals surface area contributed by atoms with Gasteiger partial charge in [0.15, 0.2) is 0 Å². The number of thioether (sulfide) groups is 1. The van der Waals surface area contributed by atoms with Gasteiger partial charge in [0.2, 0.25) is 0 Å². The van der Waals surface area contributed by atoms with Crippen LogP contribution in [0.1, 0.15) is 52.0 Å². The van der Waals surface area contributed by atoms with E-state index >= 15 is 0 Å². The molecular formula is C19H25FN2O2S. The number of carbonyl (C=O) groups is 1. The van der Waals surface area contributed by atoms with Gasteiger partial charge in [0.25, 0.3) is 0 Å². The molecule has 25 heavy (non-hydrogen) atoms. The van der Waals surface area contributed by atoms with Crippen molar-refractivity contribution in [1.29, 1.82) is 0 Å². The number of benzene rings is 1. The molecule has 1 aromatic rings. The van der Waals surface area contributed by atoms with Gasteiger partial charge < -0.3 is 10.5 Å². The Morgan fingerprint density at radius 2 is 2.24 bits per heavy atom. The van der Waals surface area contributed by atoms with Gasteiger partial charge in [-0.15, -0.1) is 11.8 Å². The first-order valence-electron chi connectivity index (χ1n) is 8.68. The van der Waals surface area contributed by atoms with E-state index in [0.29, 0.717) is 11.3 Å². The molecule has 1 fully saturated rings. The molecule has 0 saturated heterocycles. The number of halogens is 1. The van der Waals surface area contributed by atoms with Gasteiger partial charge in [0, 0.05) is 17.0 Å². The van der Waals surface area contributed by atoms with Crippen LogP contribution in [-0.2, 0) is 15.1 Å². The first-order valence-corrected chi connectivity index (χ1v) is 9.67. The van der Waals surface area contributed by atoms with Crippen molar-refractivity contribution in [2.24, 2.45) is 10.9 Å². The zero-order valence-electron chi connectivity index (χ0n) is 15.0. The average Bonchev–Trinajstić information content (AvgIpc) is 2.91. The van der Waals surface area contributed by atoms with Crippen molar-refractivity contribution in [1.82, 2.24) is 0 Å². The number of fused-ring (bicyclic) bond motifs is 1. The van der Waals surface area contributed by atoms with Crippen LogP contribution in [0.3, 0.4) is 0 Å². The lowest BCUT2D eigenvalue weighted by molar-refractivity contribution is -0.153. The fraction of sp³-hybridized carbons (Fsp3) is 0.579.